The Bertz CT molecular complexity index is 387. The first-order valence-corrected chi connectivity index (χ1v) is 5.96. The molecule has 1 atom stereocenters. The maximum Gasteiger partial charge on any atom is 0.127 e. The van der Waals surface area contributed by atoms with Crippen LogP contribution in [0.3, 0.4) is 0 Å². The molecule has 0 saturated heterocycles. The summed E-state index contributed by atoms with van der Waals surface area (Å²) in [5.74, 6) is 0.541. The van der Waals surface area contributed by atoms with Gasteiger partial charge in [0.15, 0.2) is 0 Å². The van der Waals surface area contributed by atoms with Gasteiger partial charge in [-0.25, -0.2) is 8.51 Å². The number of benzene rings is 1. The standard InChI is InChI=1S/C11H15NOS/c1-8(2)9-4-5-11-10(6-9)7-12(3)14(11)13/h4-6,8H,7H2,1-3H3. The molecule has 0 amide bonds. The molecule has 0 spiro atoms. The third kappa shape index (κ3) is 1.51. The Morgan fingerprint density at radius 1 is 1.43 bits per heavy atom. The van der Waals surface area contributed by atoms with Gasteiger partial charge in [0.05, 0.1) is 4.90 Å². The minimum absolute atomic E-state index is 0.541. The predicted molar refractivity (Wildman–Crippen MR) is 58.4 cm³/mol. The lowest BCUT2D eigenvalue weighted by atomic mass is 10.0. The predicted octanol–water partition coefficient (Wildman–Crippen LogP) is 2.28. The monoisotopic (exact) mass is 209 g/mol. The molecule has 0 N–H and O–H groups in total. The van der Waals surface area contributed by atoms with Crippen LogP contribution < -0.4 is 0 Å². The molecule has 0 aliphatic carbocycles. The number of fused-ring (bicyclic) bond motifs is 1. The van der Waals surface area contributed by atoms with E-state index >= 15 is 0 Å². The average Bonchev–Trinajstić information content (AvgIpc) is 2.42. The summed E-state index contributed by atoms with van der Waals surface area (Å²) in [5.41, 5.74) is 2.55. The van der Waals surface area contributed by atoms with E-state index in [-0.39, 0.29) is 0 Å². The minimum atomic E-state index is -0.931. The van der Waals surface area contributed by atoms with Crippen molar-refractivity contribution in [1.29, 1.82) is 0 Å². The first-order valence-electron chi connectivity index (χ1n) is 4.85. The van der Waals surface area contributed by atoms with Crippen LogP contribution in [0.4, 0.5) is 0 Å². The van der Waals surface area contributed by atoms with Crippen molar-refractivity contribution in [2.45, 2.75) is 31.2 Å². The summed E-state index contributed by atoms with van der Waals surface area (Å²) in [7, 11) is 0.963. The fourth-order valence-electron chi connectivity index (χ4n) is 1.72. The van der Waals surface area contributed by atoms with E-state index in [0.717, 1.165) is 11.4 Å². The van der Waals surface area contributed by atoms with Gasteiger partial charge >= 0.3 is 0 Å². The Balaban J connectivity index is 2.44. The molecule has 0 bridgehead atoms. The maximum absolute atomic E-state index is 11.7. The van der Waals surface area contributed by atoms with Gasteiger partial charge in [0.2, 0.25) is 0 Å². The van der Waals surface area contributed by atoms with E-state index in [1.807, 2.05) is 17.4 Å². The molecule has 1 aliphatic heterocycles. The molecule has 0 fully saturated rings. The van der Waals surface area contributed by atoms with E-state index in [0.29, 0.717) is 5.92 Å². The molecule has 0 aromatic heterocycles. The molecule has 1 aliphatic rings. The molecule has 2 rings (SSSR count). The van der Waals surface area contributed by atoms with Crippen molar-refractivity contribution in [1.82, 2.24) is 4.31 Å². The fourth-order valence-corrected chi connectivity index (χ4v) is 2.84. The molecule has 1 aromatic carbocycles. The molecule has 0 saturated carbocycles. The summed E-state index contributed by atoms with van der Waals surface area (Å²) in [4.78, 5) is 0.983. The summed E-state index contributed by atoms with van der Waals surface area (Å²) in [6.07, 6.45) is 0. The van der Waals surface area contributed by atoms with Crippen LogP contribution in [0.1, 0.15) is 30.9 Å². The maximum atomic E-state index is 11.7. The Morgan fingerprint density at radius 3 is 2.79 bits per heavy atom. The fraction of sp³-hybridized carbons (Fsp3) is 0.455. The Kier molecular flexibility index (Phi) is 2.45. The van der Waals surface area contributed by atoms with Crippen LogP contribution in [0.2, 0.25) is 0 Å². The van der Waals surface area contributed by atoms with E-state index < -0.39 is 11.0 Å². The molecule has 3 heteroatoms. The Hall–Kier alpha value is -0.670. The first kappa shape index (κ1) is 9.87. The smallest absolute Gasteiger partial charge is 0.127 e. The number of hydrogen-bond acceptors (Lipinski definition) is 1. The largest absolute Gasteiger partial charge is 0.237 e. The first-order chi connectivity index (χ1) is 6.59. The molecule has 0 radical (unpaired) electrons. The average molecular weight is 209 g/mol. The van der Waals surface area contributed by atoms with Gasteiger partial charge in [-0.15, -0.1) is 0 Å². The van der Waals surface area contributed by atoms with Gasteiger partial charge < -0.3 is 0 Å². The van der Waals surface area contributed by atoms with Crippen LogP contribution in [0.5, 0.6) is 0 Å². The van der Waals surface area contributed by atoms with Gasteiger partial charge in [0.1, 0.15) is 11.0 Å². The Morgan fingerprint density at radius 2 is 2.14 bits per heavy atom. The van der Waals surface area contributed by atoms with Crippen molar-refractivity contribution in [3.63, 3.8) is 0 Å². The molecule has 76 valence electrons. The van der Waals surface area contributed by atoms with Gasteiger partial charge in [-0.1, -0.05) is 26.0 Å². The SMILES string of the molecule is CC(C)c1ccc2c(c1)CN(C)S2=O. The van der Waals surface area contributed by atoms with Crippen LogP contribution in [0.25, 0.3) is 0 Å². The van der Waals surface area contributed by atoms with Crippen LogP contribution in [-0.4, -0.2) is 15.6 Å². The van der Waals surface area contributed by atoms with E-state index in [4.69, 9.17) is 0 Å². The molecule has 2 nitrogen and oxygen atoms in total. The molecular formula is C11H15NOS. The second-order valence-electron chi connectivity index (χ2n) is 4.06. The molecule has 1 aromatic rings. The summed E-state index contributed by atoms with van der Waals surface area (Å²) in [6, 6.07) is 6.27. The van der Waals surface area contributed by atoms with Crippen molar-refractivity contribution in [2.24, 2.45) is 0 Å². The summed E-state index contributed by atoms with van der Waals surface area (Å²) < 4.78 is 13.6. The number of rotatable bonds is 1. The lowest BCUT2D eigenvalue weighted by Gasteiger charge is -2.06. The van der Waals surface area contributed by atoms with Gasteiger partial charge in [0, 0.05) is 13.6 Å². The zero-order valence-electron chi connectivity index (χ0n) is 8.78. The van der Waals surface area contributed by atoms with Crippen LogP contribution in [-0.2, 0) is 17.5 Å². The third-order valence-corrected chi connectivity index (χ3v) is 4.09. The van der Waals surface area contributed by atoms with Crippen molar-refractivity contribution in [3.8, 4) is 0 Å². The highest BCUT2D eigenvalue weighted by Crippen LogP contribution is 2.28. The van der Waals surface area contributed by atoms with Gasteiger partial charge in [-0.2, -0.15) is 0 Å². The van der Waals surface area contributed by atoms with Crippen molar-refractivity contribution in [2.75, 3.05) is 7.05 Å². The van der Waals surface area contributed by atoms with Gasteiger partial charge in [-0.3, -0.25) is 0 Å². The van der Waals surface area contributed by atoms with Crippen LogP contribution >= 0.6 is 0 Å². The van der Waals surface area contributed by atoms with Crippen LogP contribution in [0.15, 0.2) is 23.1 Å². The normalized spacial score (nSPS) is 21.6. The van der Waals surface area contributed by atoms with E-state index in [1.54, 1.807) is 0 Å². The zero-order chi connectivity index (χ0) is 10.3. The third-order valence-electron chi connectivity index (χ3n) is 2.62. The summed E-state index contributed by atoms with van der Waals surface area (Å²) in [5, 5.41) is 0. The molecule has 1 unspecified atom stereocenters. The quantitative estimate of drug-likeness (QED) is 0.695. The zero-order valence-corrected chi connectivity index (χ0v) is 9.60. The molecule has 14 heavy (non-hydrogen) atoms. The van der Waals surface area contributed by atoms with Crippen molar-refractivity contribution < 1.29 is 4.21 Å². The lowest BCUT2D eigenvalue weighted by molar-refractivity contribution is 0.541. The Labute approximate surface area is 87.5 Å². The molecule has 1 heterocycles. The summed E-state index contributed by atoms with van der Waals surface area (Å²) in [6.45, 7) is 5.16. The van der Waals surface area contributed by atoms with E-state index in [1.165, 1.54) is 11.1 Å². The second-order valence-corrected chi connectivity index (χ2v) is 5.62. The van der Waals surface area contributed by atoms with Crippen LogP contribution in [0, 0.1) is 0 Å². The van der Waals surface area contributed by atoms with E-state index in [9.17, 15) is 4.21 Å². The highest BCUT2D eigenvalue weighted by atomic mass is 32.2. The van der Waals surface area contributed by atoms with Crippen molar-refractivity contribution >= 4 is 11.0 Å². The van der Waals surface area contributed by atoms with E-state index in [2.05, 4.69) is 26.0 Å². The topological polar surface area (TPSA) is 20.3 Å². The lowest BCUT2D eigenvalue weighted by Crippen LogP contribution is -2.11. The second kappa shape index (κ2) is 3.48. The number of hydrogen-bond donors (Lipinski definition) is 0. The number of nitrogens with zero attached hydrogens (tertiary/aromatic N) is 1. The van der Waals surface area contributed by atoms with Gasteiger partial charge in [0.25, 0.3) is 0 Å². The van der Waals surface area contributed by atoms with Gasteiger partial charge in [-0.05, 0) is 23.1 Å². The highest BCUT2D eigenvalue weighted by molar-refractivity contribution is 7.83. The van der Waals surface area contributed by atoms with Crippen molar-refractivity contribution in [3.05, 3.63) is 29.3 Å². The summed E-state index contributed by atoms with van der Waals surface area (Å²) >= 11 is 0. The minimum Gasteiger partial charge on any atom is -0.237 e. The molecular weight excluding hydrogens is 194 g/mol. The highest BCUT2D eigenvalue weighted by Gasteiger charge is 2.23.